The predicted molar refractivity (Wildman–Crippen MR) is 77.1 cm³/mol. The van der Waals surface area contributed by atoms with Gasteiger partial charge in [-0.1, -0.05) is 11.6 Å². The molecular formula is C13H9Cl2FN4O. The summed E-state index contributed by atoms with van der Waals surface area (Å²) >= 11 is 11.6. The molecule has 2 aliphatic rings. The topological polar surface area (TPSA) is 51.1 Å². The highest BCUT2D eigenvalue weighted by Gasteiger charge is 2.37. The minimum atomic E-state index is -0.685. The smallest absolute Gasteiger partial charge is 0.225 e. The lowest BCUT2D eigenvalue weighted by Crippen LogP contribution is -2.29. The van der Waals surface area contributed by atoms with E-state index < -0.39 is 5.82 Å². The average Bonchev–Trinajstić information content (AvgIpc) is 3.22. The van der Waals surface area contributed by atoms with Crippen molar-refractivity contribution in [1.29, 1.82) is 0 Å². The van der Waals surface area contributed by atoms with Crippen LogP contribution in [0.4, 0.5) is 10.2 Å². The van der Waals surface area contributed by atoms with Gasteiger partial charge in [-0.25, -0.2) is 14.4 Å². The van der Waals surface area contributed by atoms with Gasteiger partial charge in [-0.05, 0) is 24.1 Å². The molecule has 0 radical (unpaired) electrons. The molecule has 0 amide bonds. The van der Waals surface area contributed by atoms with Crippen LogP contribution in [0.3, 0.4) is 0 Å². The van der Waals surface area contributed by atoms with Gasteiger partial charge in [-0.3, -0.25) is 0 Å². The highest BCUT2D eigenvalue weighted by molar-refractivity contribution is 6.30. The Morgan fingerprint density at radius 2 is 2.19 bits per heavy atom. The Labute approximate surface area is 129 Å². The van der Waals surface area contributed by atoms with E-state index in [2.05, 4.69) is 15.0 Å². The van der Waals surface area contributed by atoms with Crippen LogP contribution >= 0.6 is 23.2 Å². The van der Waals surface area contributed by atoms with Crippen LogP contribution in [0, 0.1) is 5.82 Å². The van der Waals surface area contributed by atoms with Gasteiger partial charge in [0.25, 0.3) is 0 Å². The molecule has 1 aliphatic heterocycles. The first-order valence-electron chi connectivity index (χ1n) is 6.43. The van der Waals surface area contributed by atoms with Crippen LogP contribution in [-0.2, 0) is 4.74 Å². The average molecular weight is 327 g/mol. The highest BCUT2D eigenvalue weighted by atomic mass is 35.5. The van der Waals surface area contributed by atoms with Crippen molar-refractivity contribution in [3.8, 4) is 0 Å². The van der Waals surface area contributed by atoms with Gasteiger partial charge in [-0.2, -0.15) is 4.98 Å². The lowest BCUT2D eigenvalue weighted by molar-refractivity contribution is 0.232. The summed E-state index contributed by atoms with van der Waals surface area (Å²) in [6.07, 6.45) is 4.31. The Hall–Kier alpha value is -1.66. The van der Waals surface area contributed by atoms with E-state index in [0.29, 0.717) is 17.8 Å². The van der Waals surface area contributed by atoms with Crippen LogP contribution in [0.25, 0.3) is 10.9 Å². The molecule has 2 aromatic heterocycles. The Balaban J connectivity index is 1.90. The number of anilines is 1. The predicted octanol–water partition coefficient (Wildman–Crippen LogP) is 2.96. The minimum Gasteiger partial charge on any atom is -0.496 e. The summed E-state index contributed by atoms with van der Waals surface area (Å²) in [5.41, 5.74) is 0.0809. The molecule has 0 bridgehead atoms. The summed E-state index contributed by atoms with van der Waals surface area (Å²) in [6.45, 7) is 1.39. The van der Waals surface area contributed by atoms with Crippen molar-refractivity contribution in [2.45, 2.75) is 12.5 Å². The zero-order chi connectivity index (χ0) is 14.6. The molecule has 3 heterocycles. The number of pyridine rings is 1. The Kier molecular flexibility index (Phi) is 2.90. The lowest BCUT2D eigenvalue weighted by atomic mass is 10.2. The van der Waals surface area contributed by atoms with Crippen molar-refractivity contribution in [3.05, 3.63) is 34.3 Å². The largest absolute Gasteiger partial charge is 0.496 e. The number of rotatable bonds is 1. The first kappa shape index (κ1) is 13.0. The highest BCUT2D eigenvalue weighted by Crippen LogP contribution is 2.37. The first-order valence-corrected chi connectivity index (χ1v) is 7.19. The molecule has 0 saturated carbocycles. The van der Waals surface area contributed by atoms with Crippen molar-refractivity contribution in [1.82, 2.24) is 15.0 Å². The molecular weight excluding hydrogens is 318 g/mol. The molecule has 21 heavy (non-hydrogen) atoms. The van der Waals surface area contributed by atoms with Gasteiger partial charge in [-0.15, -0.1) is 0 Å². The van der Waals surface area contributed by atoms with Gasteiger partial charge >= 0.3 is 0 Å². The second-order valence-electron chi connectivity index (χ2n) is 4.85. The minimum absolute atomic E-state index is 0.0222. The molecule has 8 heteroatoms. The normalized spacial score (nSPS) is 20.6. The van der Waals surface area contributed by atoms with Crippen molar-refractivity contribution in [2.24, 2.45) is 0 Å². The summed E-state index contributed by atoms with van der Waals surface area (Å²) < 4.78 is 19.7. The van der Waals surface area contributed by atoms with E-state index in [1.165, 1.54) is 6.20 Å². The van der Waals surface area contributed by atoms with Crippen molar-refractivity contribution in [3.63, 3.8) is 0 Å². The number of nitrogens with zero attached hydrogens (tertiary/aromatic N) is 4. The van der Waals surface area contributed by atoms with Gasteiger partial charge in [0.2, 0.25) is 5.28 Å². The van der Waals surface area contributed by atoms with E-state index >= 15 is 0 Å². The van der Waals surface area contributed by atoms with Crippen LogP contribution in [0.5, 0.6) is 0 Å². The standard InChI is InChI=1S/C13H9Cl2FN4O/c14-11-9(16)10-6(5-17-11)12(19-13(15)18-10)20-2-1-3-21-8-4-7(8)20/h4-5,7H,1-3H2/t7-/m1/s1. The third-order valence-corrected chi connectivity index (χ3v) is 3.95. The van der Waals surface area contributed by atoms with Crippen molar-refractivity contribution in [2.75, 3.05) is 18.1 Å². The molecule has 5 nitrogen and oxygen atoms in total. The van der Waals surface area contributed by atoms with E-state index in [0.717, 1.165) is 18.7 Å². The van der Waals surface area contributed by atoms with E-state index in [-0.39, 0.29) is 22.0 Å². The maximum atomic E-state index is 14.1. The zero-order valence-electron chi connectivity index (χ0n) is 10.7. The number of fused-ring (bicyclic) bond motifs is 2. The molecule has 1 atom stereocenters. The molecule has 1 saturated heterocycles. The van der Waals surface area contributed by atoms with Gasteiger partial charge in [0, 0.05) is 12.7 Å². The number of aromatic nitrogens is 3. The third kappa shape index (κ3) is 2.10. The van der Waals surface area contributed by atoms with E-state index in [4.69, 9.17) is 27.9 Å². The molecule has 0 aromatic carbocycles. The number of hydrogen-bond acceptors (Lipinski definition) is 5. The summed E-state index contributed by atoms with van der Waals surface area (Å²) in [7, 11) is 0. The molecule has 1 fully saturated rings. The second-order valence-corrected chi connectivity index (χ2v) is 5.55. The molecule has 4 rings (SSSR count). The molecule has 1 aliphatic carbocycles. The Morgan fingerprint density at radius 1 is 1.33 bits per heavy atom. The van der Waals surface area contributed by atoms with Crippen LogP contribution in [-0.4, -0.2) is 34.1 Å². The maximum absolute atomic E-state index is 14.1. The zero-order valence-corrected chi connectivity index (χ0v) is 12.2. The Morgan fingerprint density at radius 3 is 3.05 bits per heavy atom. The Bertz CT molecular complexity index is 782. The molecule has 2 aromatic rings. The van der Waals surface area contributed by atoms with Crippen LogP contribution in [0.1, 0.15) is 6.42 Å². The third-order valence-electron chi connectivity index (χ3n) is 3.52. The summed E-state index contributed by atoms with van der Waals surface area (Å²) in [5.74, 6) is 0.780. The number of hydrogen-bond donors (Lipinski definition) is 0. The quantitative estimate of drug-likeness (QED) is 0.595. The number of halogens is 3. The van der Waals surface area contributed by atoms with Crippen LogP contribution in [0.2, 0.25) is 10.4 Å². The number of ether oxygens (including phenoxy) is 1. The van der Waals surface area contributed by atoms with Crippen molar-refractivity contribution >= 4 is 39.9 Å². The van der Waals surface area contributed by atoms with Gasteiger partial charge in [0.1, 0.15) is 23.1 Å². The summed E-state index contributed by atoms with van der Waals surface area (Å²) in [6, 6.07) is 0.0559. The second kappa shape index (κ2) is 4.68. The van der Waals surface area contributed by atoms with Crippen LogP contribution < -0.4 is 4.90 Å². The first-order chi connectivity index (χ1) is 10.1. The van der Waals surface area contributed by atoms with Crippen LogP contribution in [0.15, 0.2) is 18.0 Å². The summed E-state index contributed by atoms with van der Waals surface area (Å²) in [5, 5.41) is 0.238. The summed E-state index contributed by atoms with van der Waals surface area (Å²) in [4.78, 5) is 14.1. The fraction of sp³-hybridized carbons (Fsp3) is 0.308. The van der Waals surface area contributed by atoms with Gasteiger partial charge < -0.3 is 9.64 Å². The molecule has 0 unspecified atom stereocenters. The van der Waals surface area contributed by atoms with Gasteiger partial charge in [0.15, 0.2) is 11.0 Å². The van der Waals surface area contributed by atoms with E-state index in [9.17, 15) is 4.39 Å². The van der Waals surface area contributed by atoms with Crippen molar-refractivity contribution < 1.29 is 9.13 Å². The lowest BCUT2D eigenvalue weighted by Gasteiger charge is -2.23. The maximum Gasteiger partial charge on any atom is 0.225 e. The van der Waals surface area contributed by atoms with Gasteiger partial charge in [0.05, 0.1) is 12.0 Å². The molecule has 0 spiro atoms. The fourth-order valence-corrected chi connectivity index (χ4v) is 2.80. The van der Waals surface area contributed by atoms with E-state index in [1.54, 1.807) is 0 Å². The fourth-order valence-electron chi connectivity index (χ4n) is 2.50. The SMILES string of the molecule is Fc1c(Cl)ncc2c(N3CCCOC4=C[C@H]43)nc(Cl)nc12. The van der Waals surface area contributed by atoms with E-state index in [1.807, 2.05) is 11.0 Å². The molecule has 0 N–H and O–H groups in total. The molecule has 108 valence electrons. The monoisotopic (exact) mass is 326 g/mol.